The summed E-state index contributed by atoms with van der Waals surface area (Å²) in [6, 6.07) is 17.0. The molecule has 3 aromatic carbocycles. The maximum Gasteiger partial charge on any atom is 0.162 e. The Bertz CT molecular complexity index is 802. The zero-order valence-electron chi connectivity index (χ0n) is 11.2. The number of rotatable bonds is 3. The molecule has 0 aliphatic carbocycles. The fourth-order valence-electron chi connectivity index (χ4n) is 2.33. The van der Waals surface area contributed by atoms with Crippen molar-refractivity contribution in [3.05, 3.63) is 64.6 Å². The summed E-state index contributed by atoms with van der Waals surface area (Å²) < 4.78 is 1.05. The number of aromatic hydroxyl groups is 2. The molecule has 0 atom stereocenters. The largest absolute Gasteiger partial charge is 0.504 e. The smallest absolute Gasteiger partial charge is 0.162 e. The van der Waals surface area contributed by atoms with Crippen molar-refractivity contribution in [2.24, 2.45) is 0 Å². The van der Waals surface area contributed by atoms with Gasteiger partial charge < -0.3 is 15.5 Å². The quantitative estimate of drug-likeness (QED) is 0.608. The third-order valence-electron chi connectivity index (χ3n) is 3.44. The van der Waals surface area contributed by atoms with E-state index in [2.05, 4.69) is 27.3 Å². The van der Waals surface area contributed by atoms with Crippen molar-refractivity contribution < 1.29 is 10.2 Å². The van der Waals surface area contributed by atoms with Crippen LogP contribution in [0.25, 0.3) is 10.8 Å². The maximum absolute atomic E-state index is 9.84. The molecule has 3 nitrogen and oxygen atoms in total. The highest BCUT2D eigenvalue weighted by Crippen LogP contribution is 2.32. The predicted octanol–water partition coefficient (Wildman–Crippen LogP) is 4.63. The van der Waals surface area contributed by atoms with Crippen molar-refractivity contribution in [3.8, 4) is 11.5 Å². The van der Waals surface area contributed by atoms with E-state index in [0.717, 1.165) is 20.9 Å². The van der Waals surface area contributed by atoms with Gasteiger partial charge in [0.1, 0.15) is 0 Å². The standard InChI is InChI=1S/C17H14BrNO2/c18-14-8-9-15(13-6-2-1-5-12(13)14)19-10-11-4-3-7-16(20)17(11)21/h1-9,19-21H,10H2. The van der Waals surface area contributed by atoms with E-state index < -0.39 is 0 Å². The van der Waals surface area contributed by atoms with Crippen molar-refractivity contribution in [1.29, 1.82) is 0 Å². The van der Waals surface area contributed by atoms with Gasteiger partial charge in [-0.2, -0.15) is 0 Å². The molecular formula is C17H14BrNO2. The van der Waals surface area contributed by atoms with E-state index in [1.807, 2.05) is 30.3 Å². The number of para-hydroxylation sites is 1. The highest BCUT2D eigenvalue weighted by molar-refractivity contribution is 9.10. The Balaban J connectivity index is 1.92. The topological polar surface area (TPSA) is 52.5 Å². The second-order valence-electron chi connectivity index (χ2n) is 4.78. The van der Waals surface area contributed by atoms with Crippen molar-refractivity contribution in [2.45, 2.75) is 6.54 Å². The number of hydrogen-bond acceptors (Lipinski definition) is 3. The Morgan fingerprint density at radius 1 is 0.857 bits per heavy atom. The van der Waals surface area contributed by atoms with Crippen LogP contribution in [-0.4, -0.2) is 10.2 Å². The van der Waals surface area contributed by atoms with Gasteiger partial charge in [0.2, 0.25) is 0 Å². The molecule has 0 saturated carbocycles. The fraction of sp³-hybridized carbons (Fsp3) is 0.0588. The Morgan fingerprint density at radius 3 is 2.43 bits per heavy atom. The van der Waals surface area contributed by atoms with E-state index >= 15 is 0 Å². The molecule has 0 radical (unpaired) electrons. The van der Waals surface area contributed by atoms with Gasteiger partial charge in [0.25, 0.3) is 0 Å². The summed E-state index contributed by atoms with van der Waals surface area (Å²) in [5.41, 5.74) is 1.64. The molecular weight excluding hydrogens is 330 g/mol. The average molecular weight is 344 g/mol. The molecule has 21 heavy (non-hydrogen) atoms. The molecule has 0 unspecified atom stereocenters. The molecule has 3 aromatic rings. The van der Waals surface area contributed by atoms with E-state index in [0.29, 0.717) is 12.1 Å². The van der Waals surface area contributed by atoms with Crippen LogP contribution in [0.3, 0.4) is 0 Å². The monoisotopic (exact) mass is 343 g/mol. The second-order valence-corrected chi connectivity index (χ2v) is 5.63. The lowest BCUT2D eigenvalue weighted by Gasteiger charge is -2.12. The van der Waals surface area contributed by atoms with Crippen molar-refractivity contribution in [3.63, 3.8) is 0 Å². The van der Waals surface area contributed by atoms with E-state index in [1.54, 1.807) is 12.1 Å². The maximum atomic E-state index is 9.84. The molecule has 0 bridgehead atoms. The minimum atomic E-state index is -0.102. The van der Waals surface area contributed by atoms with Crippen LogP contribution in [0, 0.1) is 0 Å². The molecule has 0 aliphatic heterocycles. The third-order valence-corrected chi connectivity index (χ3v) is 4.13. The van der Waals surface area contributed by atoms with Crippen LogP contribution < -0.4 is 5.32 Å². The number of nitrogens with one attached hydrogen (secondary N) is 1. The van der Waals surface area contributed by atoms with Gasteiger partial charge in [-0.25, -0.2) is 0 Å². The van der Waals surface area contributed by atoms with Gasteiger partial charge in [-0.3, -0.25) is 0 Å². The zero-order valence-corrected chi connectivity index (χ0v) is 12.8. The van der Waals surface area contributed by atoms with Crippen molar-refractivity contribution in [1.82, 2.24) is 0 Å². The van der Waals surface area contributed by atoms with Crippen molar-refractivity contribution in [2.75, 3.05) is 5.32 Å². The van der Waals surface area contributed by atoms with Gasteiger partial charge in [0, 0.05) is 27.7 Å². The molecule has 0 saturated heterocycles. The first-order chi connectivity index (χ1) is 10.2. The summed E-state index contributed by atoms with van der Waals surface area (Å²) >= 11 is 3.55. The Kier molecular flexibility index (Phi) is 3.71. The molecule has 3 rings (SSSR count). The molecule has 0 aliphatic rings. The Morgan fingerprint density at radius 2 is 1.62 bits per heavy atom. The number of phenols is 2. The van der Waals surface area contributed by atoms with Crippen LogP contribution in [0.2, 0.25) is 0 Å². The molecule has 4 heteroatoms. The van der Waals surface area contributed by atoms with E-state index in [4.69, 9.17) is 0 Å². The van der Waals surface area contributed by atoms with Gasteiger partial charge in [-0.1, -0.05) is 52.3 Å². The summed E-state index contributed by atoms with van der Waals surface area (Å²) in [5, 5.41) is 24.9. The SMILES string of the molecule is Oc1cccc(CNc2ccc(Br)c3ccccc23)c1O. The van der Waals surface area contributed by atoms with Crippen molar-refractivity contribution >= 4 is 32.4 Å². The Labute approximate surface area is 131 Å². The summed E-state index contributed by atoms with van der Waals surface area (Å²) in [5.74, 6) is -0.179. The van der Waals surface area contributed by atoms with E-state index in [-0.39, 0.29) is 11.5 Å². The van der Waals surface area contributed by atoms with Crippen LogP contribution in [0.4, 0.5) is 5.69 Å². The normalized spacial score (nSPS) is 10.7. The Hall–Kier alpha value is -2.20. The molecule has 0 aromatic heterocycles. The molecule has 0 amide bonds. The lowest BCUT2D eigenvalue weighted by molar-refractivity contribution is 0.400. The van der Waals surface area contributed by atoms with Gasteiger partial charge in [0.05, 0.1) is 0 Å². The summed E-state index contributed by atoms with van der Waals surface area (Å²) in [7, 11) is 0. The lowest BCUT2D eigenvalue weighted by atomic mass is 10.1. The average Bonchev–Trinajstić information content (AvgIpc) is 2.51. The van der Waals surface area contributed by atoms with Crippen LogP contribution in [0.15, 0.2) is 59.1 Å². The minimum Gasteiger partial charge on any atom is -0.504 e. The molecule has 0 heterocycles. The molecule has 0 fully saturated rings. The summed E-state index contributed by atoms with van der Waals surface area (Å²) in [6.07, 6.45) is 0. The molecule has 3 N–H and O–H groups in total. The minimum absolute atomic E-state index is 0.0774. The first-order valence-corrected chi connectivity index (χ1v) is 7.37. The number of fused-ring (bicyclic) bond motifs is 1. The van der Waals surface area contributed by atoms with Gasteiger partial charge in [0.15, 0.2) is 11.5 Å². The van der Waals surface area contributed by atoms with E-state index in [1.165, 1.54) is 6.07 Å². The predicted molar refractivity (Wildman–Crippen MR) is 88.7 cm³/mol. The zero-order chi connectivity index (χ0) is 14.8. The van der Waals surface area contributed by atoms with Crippen LogP contribution in [-0.2, 0) is 6.54 Å². The first kappa shape index (κ1) is 13.8. The van der Waals surface area contributed by atoms with Gasteiger partial charge in [-0.15, -0.1) is 0 Å². The summed E-state index contributed by atoms with van der Waals surface area (Å²) in [6.45, 7) is 0.436. The van der Waals surface area contributed by atoms with E-state index in [9.17, 15) is 10.2 Å². The number of hydrogen-bond donors (Lipinski definition) is 3. The highest BCUT2D eigenvalue weighted by atomic mass is 79.9. The number of benzene rings is 3. The van der Waals surface area contributed by atoms with Gasteiger partial charge >= 0.3 is 0 Å². The van der Waals surface area contributed by atoms with Gasteiger partial charge in [-0.05, 0) is 23.6 Å². The number of anilines is 1. The number of phenolic OH excluding ortho intramolecular Hbond substituents is 2. The first-order valence-electron chi connectivity index (χ1n) is 6.58. The highest BCUT2D eigenvalue weighted by Gasteiger charge is 2.07. The number of halogens is 1. The van der Waals surface area contributed by atoms with Crippen LogP contribution in [0.1, 0.15) is 5.56 Å². The third kappa shape index (κ3) is 2.67. The lowest BCUT2D eigenvalue weighted by Crippen LogP contribution is -2.00. The second kappa shape index (κ2) is 5.66. The molecule has 106 valence electrons. The van der Waals surface area contributed by atoms with Crippen LogP contribution in [0.5, 0.6) is 11.5 Å². The fourth-order valence-corrected chi connectivity index (χ4v) is 2.81. The molecule has 0 spiro atoms. The van der Waals surface area contributed by atoms with Crippen LogP contribution >= 0.6 is 15.9 Å². The summed E-state index contributed by atoms with van der Waals surface area (Å²) in [4.78, 5) is 0.